The van der Waals surface area contributed by atoms with Crippen LogP contribution in [-0.4, -0.2) is 38.1 Å². The van der Waals surface area contributed by atoms with Crippen LogP contribution in [0.5, 0.6) is 17.2 Å². The summed E-state index contributed by atoms with van der Waals surface area (Å²) in [6.45, 7) is 0.647. The van der Waals surface area contributed by atoms with Gasteiger partial charge in [0, 0.05) is 6.42 Å². The number of aromatic nitrogens is 2. The first-order chi connectivity index (χ1) is 10.2. The first kappa shape index (κ1) is 15.5. The molecule has 0 aliphatic heterocycles. The maximum absolute atomic E-state index is 5.52. The predicted octanol–water partition coefficient (Wildman–Crippen LogP) is 2.12. The van der Waals surface area contributed by atoms with E-state index < -0.39 is 0 Å². The third-order valence-electron chi connectivity index (χ3n) is 3.00. The molecule has 1 heterocycles. The molecule has 2 rings (SSSR count). The molecule has 2 N–H and O–H groups in total. The highest BCUT2D eigenvalue weighted by Gasteiger charge is 2.19. The second kappa shape index (κ2) is 7.24. The number of ether oxygens (including phenoxy) is 3. The predicted molar refractivity (Wildman–Crippen MR) is 82.4 cm³/mol. The molecular weight excluding hydrogens is 290 g/mol. The fourth-order valence-corrected chi connectivity index (χ4v) is 2.89. The van der Waals surface area contributed by atoms with Gasteiger partial charge < -0.3 is 19.9 Å². The van der Waals surface area contributed by atoms with Crippen molar-refractivity contribution in [3.05, 3.63) is 17.1 Å². The van der Waals surface area contributed by atoms with Crippen molar-refractivity contribution in [1.82, 2.24) is 10.2 Å². The summed E-state index contributed by atoms with van der Waals surface area (Å²) in [5, 5.41) is 10.2. The summed E-state index contributed by atoms with van der Waals surface area (Å²) in [5.74, 6) is 1.76. The van der Waals surface area contributed by atoms with Crippen LogP contribution in [0.3, 0.4) is 0 Å². The number of hydrogen-bond donors (Lipinski definition) is 1. The topological polar surface area (TPSA) is 79.5 Å². The van der Waals surface area contributed by atoms with Gasteiger partial charge in [-0.15, -0.1) is 10.2 Å². The van der Waals surface area contributed by atoms with Crippen molar-refractivity contribution in [2.75, 3.05) is 27.9 Å². The van der Waals surface area contributed by atoms with Crippen LogP contribution in [0.2, 0.25) is 0 Å². The first-order valence-corrected chi connectivity index (χ1v) is 7.38. The minimum atomic E-state index is 0.552. The largest absolute Gasteiger partial charge is 0.493 e. The lowest BCUT2D eigenvalue weighted by atomic mass is 10.2. The average molecular weight is 309 g/mol. The molecule has 21 heavy (non-hydrogen) atoms. The molecule has 1 aromatic carbocycles. The van der Waals surface area contributed by atoms with E-state index in [0.29, 0.717) is 23.8 Å². The second-order valence-electron chi connectivity index (χ2n) is 4.28. The van der Waals surface area contributed by atoms with Gasteiger partial charge in [0.1, 0.15) is 5.01 Å². The van der Waals surface area contributed by atoms with Crippen LogP contribution in [0, 0.1) is 0 Å². The van der Waals surface area contributed by atoms with Crippen LogP contribution >= 0.6 is 11.3 Å². The highest BCUT2D eigenvalue weighted by atomic mass is 32.1. The SMILES string of the molecule is COc1ccc(-c2nnc(CCCN)s2)c(OC)c1OC. The van der Waals surface area contributed by atoms with Crippen molar-refractivity contribution < 1.29 is 14.2 Å². The molecule has 114 valence electrons. The number of hydrogen-bond acceptors (Lipinski definition) is 7. The number of nitrogens with zero attached hydrogens (tertiary/aromatic N) is 2. The Morgan fingerprint density at radius 2 is 1.81 bits per heavy atom. The molecule has 2 aromatic rings. The summed E-state index contributed by atoms with van der Waals surface area (Å²) in [7, 11) is 4.76. The summed E-state index contributed by atoms with van der Waals surface area (Å²) < 4.78 is 16.1. The van der Waals surface area contributed by atoms with Gasteiger partial charge in [0.25, 0.3) is 0 Å². The Balaban J connectivity index is 2.41. The highest BCUT2D eigenvalue weighted by Crippen LogP contribution is 2.44. The Hall–Kier alpha value is -1.86. The van der Waals surface area contributed by atoms with Crippen LogP contribution in [0.15, 0.2) is 12.1 Å². The maximum atomic E-state index is 5.52. The van der Waals surface area contributed by atoms with Crippen molar-refractivity contribution >= 4 is 11.3 Å². The Labute approximate surface area is 127 Å². The van der Waals surface area contributed by atoms with Gasteiger partial charge >= 0.3 is 0 Å². The standard InChI is InChI=1S/C14H19N3O3S/c1-18-10-7-6-9(12(19-2)13(10)20-3)14-17-16-11(21-14)5-4-8-15/h6-7H,4-5,8,15H2,1-3H3. The van der Waals surface area contributed by atoms with Gasteiger partial charge in [-0.1, -0.05) is 11.3 Å². The highest BCUT2D eigenvalue weighted by molar-refractivity contribution is 7.14. The molecule has 0 aliphatic rings. The van der Waals surface area contributed by atoms with E-state index in [4.69, 9.17) is 19.9 Å². The molecule has 0 saturated heterocycles. The maximum Gasteiger partial charge on any atom is 0.204 e. The van der Waals surface area contributed by atoms with E-state index in [0.717, 1.165) is 28.4 Å². The van der Waals surface area contributed by atoms with E-state index in [1.165, 1.54) is 11.3 Å². The Morgan fingerprint density at radius 3 is 2.43 bits per heavy atom. The van der Waals surface area contributed by atoms with Gasteiger partial charge in [0.05, 0.1) is 26.9 Å². The molecular formula is C14H19N3O3S. The first-order valence-electron chi connectivity index (χ1n) is 6.57. The van der Waals surface area contributed by atoms with Crippen molar-refractivity contribution in [1.29, 1.82) is 0 Å². The summed E-state index contributed by atoms with van der Waals surface area (Å²) in [4.78, 5) is 0. The molecule has 0 aliphatic carbocycles. The second-order valence-corrected chi connectivity index (χ2v) is 5.34. The molecule has 6 nitrogen and oxygen atoms in total. The molecule has 7 heteroatoms. The number of rotatable bonds is 7. The van der Waals surface area contributed by atoms with Crippen LogP contribution < -0.4 is 19.9 Å². The van der Waals surface area contributed by atoms with E-state index >= 15 is 0 Å². The molecule has 0 amide bonds. The zero-order valence-corrected chi connectivity index (χ0v) is 13.2. The molecule has 0 radical (unpaired) electrons. The van der Waals surface area contributed by atoms with Gasteiger partial charge in [0.15, 0.2) is 16.5 Å². The minimum absolute atomic E-state index is 0.552. The summed E-state index contributed by atoms with van der Waals surface area (Å²) >= 11 is 1.53. The van der Waals surface area contributed by atoms with Gasteiger partial charge in [-0.05, 0) is 25.1 Å². The van der Waals surface area contributed by atoms with Crippen LogP contribution in [-0.2, 0) is 6.42 Å². The normalized spacial score (nSPS) is 10.5. The number of methoxy groups -OCH3 is 3. The summed E-state index contributed by atoms with van der Waals surface area (Å²) in [5.41, 5.74) is 6.36. The fourth-order valence-electron chi connectivity index (χ4n) is 1.99. The van der Waals surface area contributed by atoms with Gasteiger partial charge in [-0.3, -0.25) is 0 Å². The van der Waals surface area contributed by atoms with E-state index in [9.17, 15) is 0 Å². The molecule has 0 unspecified atom stereocenters. The van der Waals surface area contributed by atoms with Crippen molar-refractivity contribution in [3.63, 3.8) is 0 Å². The molecule has 0 bridgehead atoms. The molecule has 0 atom stereocenters. The van der Waals surface area contributed by atoms with E-state index in [1.807, 2.05) is 12.1 Å². The van der Waals surface area contributed by atoms with Crippen LogP contribution in [0.4, 0.5) is 0 Å². The molecule has 0 fully saturated rings. The zero-order valence-electron chi connectivity index (χ0n) is 12.4. The molecule has 1 aromatic heterocycles. The summed E-state index contributed by atoms with van der Waals surface area (Å²) in [6.07, 6.45) is 1.74. The Bertz CT molecular complexity index is 601. The smallest absolute Gasteiger partial charge is 0.204 e. The molecule has 0 spiro atoms. The lowest BCUT2D eigenvalue weighted by Gasteiger charge is -2.14. The quantitative estimate of drug-likeness (QED) is 0.844. The van der Waals surface area contributed by atoms with Crippen LogP contribution in [0.25, 0.3) is 10.6 Å². The zero-order chi connectivity index (χ0) is 15.2. The van der Waals surface area contributed by atoms with E-state index in [2.05, 4.69) is 10.2 Å². The Morgan fingerprint density at radius 1 is 1.05 bits per heavy atom. The fraction of sp³-hybridized carbons (Fsp3) is 0.429. The van der Waals surface area contributed by atoms with Gasteiger partial charge in [-0.2, -0.15) is 0 Å². The number of aryl methyl sites for hydroxylation is 1. The van der Waals surface area contributed by atoms with Crippen molar-refractivity contribution in [2.45, 2.75) is 12.8 Å². The number of benzene rings is 1. The minimum Gasteiger partial charge on any atom is -0.493 e. The lowest BCUT2D eigenvalue weighted by molar-refractivity contribution is 0.325. The van der Waals surface area contributed by atoms with Crippen molar-refractivity contribution in [3.8, 4) is 27.8 Å². The average Bonchev–Trinajstić information content (AvgIpc) is 2.99. The monoisotopic (exact) mass is 309 g/mol. The third-order valence-corrected chi connectivity index (χ3v) is 4.01. The number of nitrogens with two attached hydrogens (primary N) is 1. The van der Waals surface area contributed by atoms with Gasteiger partial charge in [-0.25, -0.2) is 0 Å². The molecule has 0 saturated carbocycles. The van der Waals surface area contributed by atoms with Crippen molar-refractivity contribution in [2.24, 2.45) is 5.73 Å². The van der Waals surface area contributed by atoms with Gasteiger partial charge in [0.2, 0.25) is 5.75 Å². The van der Waals surface area contributed by atoms with Crippen LogP contribution in [0.1, 0.15) is 11.4 Å². The van der Waals surface area contributed by atoms with E-state index in [-0.39, 0.29) is 0 Å². The summed E-state index contributed by atoms with van der Waals surface area (Å²) in [6, 6.07) is 3.73. The third kappa shape index (κ3) is 3.25. The Kier molecular flexibility index (Phi) is 5.35. The lowest BCUT2D eigenvalue weighted by Crippen LogP contribution is -1.99. The van der Waals surface area contributed by atoms with E-state index in [1.54, 1.807) is 21.3 Å².